The Bertz CT molecular complexity index is 1110. The molecular weight excluding hydrogens is 370 g/mol. The maximum absolute atomic E-state index is 12.7. The van der Waals surface area contributed by atoms with Crippen LogP contribution in [0, 0.1) is 0 Å². The van der Waals surface area contributed by atoms with Gasteiger partial charge in [0.15, 0.2) is 5.13 Å². The lowest BCUT2D eigenvalue weighted by atomic mass is 10.0. The monoisotopic (exact) mass is 389 g/mol. The molecule has 2 aromatic heterocycles. The van der Waals surface area contributed by atoms with Crippen molar-refractivity contribution in [1.29, 1.82) is 0 Å². The molecule has 6 heteroatoms. The number of hydrogen-bond donors (Lipinski definition) is 0. The molecule has 0 fully saturated rings. The van der Waals surface area contributed by atoms with Crippen LogP contribution in [0.3, 0.4) is 0 Å². The van der Waals surface area contributed by atoms with Crippen LogP contribution >= 0.6 is 11.3 Å². The first-order valence-electron chi connectivity index (χ1n) is 8.84. The van der Waals surface area contributed by atoms with Crippen LogP contribution in [-0.2, 0) is 11.2 Å². The van der Waals surface area contributed by atoms with Gasteiger partial charge < -0.3 is 4.74 Å². The number of ether oxygens (including phenoxy) is 1. The highest BCUT2D eigenvalue weighted by atomic mass is 32.1. The van der Waals surface area contributed by atoms with E-state index in [1.807, 2.05) is 54.6 Å². The minimum Gasteiger partial charge on any atom is -0.497 e. The maximum atomic E-state index is 12.7. The summed E-state index contributed by atoms with van der Waals surface area (Å²) in [5, 5.41) is 0.682. The number of methoxy groups -OCH3 is 1. The summed E-state index contributed by atoms with van der Waals surface area (Å²) >= 11 is 1.48. The highest BCUT2D eigenvalue weighted by molar-refractivity contribution is 7.22. The predicted molar refractivity (Wildman–Crippen MR) is 113 cm³/mol. The molecule has 4 rings (SSSR count). The Balaban J connectivity index is 1.48. The van der Waals surface area contributed by atoms with Gasteiger partial charge in [-0.25, -0.2) is 4.98 Å². The van der Waals surface area contributed by atoms with Crippen LogP contribution in [-0.4, -0.2) is 30.0 Å². The number of thiazole rings is 1. The number of amides is 1. The van der Waals surface area contributed by atoms with E-state index in [-0.39, 0.29) is 5.91 Å². The zero-order valence-electron chi connectivity index (χ0n) is 15.6. The second-order valence-electron chi connectivity index (χ2n) is 6.39. The van der Waals surface area contributed by atoms with E-state index in [0.29, 0.717) is 11.6 Å². The van der Waals surface area contributed by atoms with E-state index < -0.39 is 0 Å². The minimum atomic E-state index is 0.00248. The molecule has 0 saturated heterocycles. The molecule has 2 aromatic carbocycles. The fourth-order valence-electron chi connectivity index (χ4n) is 2.92. The molecule has 0 aliphatic carbocycles. The molecule has 5 nitrogen and oxygen atoms in total. The third-order valence-electron chi connectivity index (χ3n) is 4.57. The highest BCUT2D eigenvalue weighted by Gasteiger charge is 2.16. The number of rotatable bonds is 5. The summed E-state index contributed by atoms with van der Waals surface area (Å²) in [6, 6.07) is 17.7. The Morgan fingerprint density at radius 1 is 1.04 bits per heavy atom. The molecule has 0 unspecified atom stereocenters. The first kappa shape index (κ1) is 18.1. The first-order valence-corrected chi connectivity index (χ1v) is 9.66. The molecular formula is C22H19N3O2S. The van der Waals surface area contributed by atoms with Crippen LogP contribution in [0.1, 0.15) is 5.56 Å². The lowest BCUT2D eigenvalue weighted by molar-refractivity contribution is -0.117. The number of anilines is 1. The number of hydrogen-bond acceptors (Lipinski definition) is 5. The van der Waals surface area contributed by atoms with Gasteiger partial charge in [-0.15, -0.1) is 0 Å². The van der Waals surface area contributed by atoms with Crippen molar-refractivity contribution in [2.45, 2.75) is 6.42 Å². The van der Waals surface area contributed by atoms with Gasteiger partial charge in [-0.2, -0.15) is 0 Å². The third kappa shape index (κ3) is 3.73. The Morgan fingerprint density at radius 2 is 1.75 bits per heavy atom. The van der Waals surface area contributed by atoms with Gasteiger partial charge in [-0.3, -0.25) is 14.7 Å². The number of benzene rings is 2. The summed E-state index contributed by atoms with van der Waals surface area (Å²) in [6.07, 6.45) is 3.87. The number of nitrogens with zero attached hydrogens (tertiary/aromatic N) is 3. The number of fused-ring (bicyclic) bond motifs is 1. The summed E-state index contributed by atoms with van der Waals surface area (Å²) in [7, 11) is 3.40. The smallest absolute Gasteiger partial charge is 0.232 e. The number of likely N-dealkylation sites (N-methyl/N-ethyl adjacent to an activating group) is 1. The van der Waals surface area contributed by atoms with E-state index in [9.17, 15) is 4.79 Å². The SMILES string of the molecule is COc1ccc2nc(N(C)C(=O)Cc3ccc(-c4ccncc4)cc3)sc2c1. The van der Waals surface area contributed by atoms with Crippen molar-refractivity contribution in [3.05, 3.63) is 72.6 Å². The molecule has 0 radical (unpaired) electrons. The van der Waals surface area contributed by atoms with Gasteiger partial charge in [0, 0.05) is 19.4 Å². The molecule has 0 atom stereocenters. The van der Waals surface area contributed by atoms with Gasteiger partial charge >= 0.3 is 0 Å². The Hall–Kier alpha value is -3.25. The predicted octanol–water partition coefficient (Wildman–Crippen LogP) is 4.57. The van der Waals surface area contributed by atoms with E-state index in [4.69, 9.17) is 4.74 Å². The van der Waals surface area contributed by atoms with Crippen molar-refractivity contribution < 1.29 is 9.53 Å². The molecule has 0 aliphatic rings. The zero-order valence-corrected chi connectivity index (χ0v) is 16.4. The number of pyridine rings is 1. The highest BCUT2D eigenvalue weighted by Crippen LogP contribution is 2.31. The zero-order chi connectivity index (χ0) is 19.5. The van der Waals surface area contributed by atoms with Gasteiger partial charge in [0.05, 0.1) is 23.7 Å². The van der Waals surface area contributed by atoms with Crippen molar-refractivity contribution >= 4 is 32.6 Å². The van der Waals surface area contributed by atoms with Gasteiger partial charge in [0.2, 0.25) is 5.91 Å². The Morgan fingerprint density at radius 3 is 2.46 bits per heavy atom. The van der Waals surface area contributed by atoms with E-state index in [1.165, 1.54) is 11.3 Å². The second-order valence-corrected chi connectivity index (χ2v) is 7.40. The van der Waals surface area contributed by atoms with Crippen LogP contribution in [0.5, 0.6) is 5.75 Å². The van der Waals surface area contributed by atoms with Crippen LogP contribution < -0.4 is 9.64 Å². The van der Waals surface area contributed by atoms with E-state index >= 15 is 0 Å². The average molecular weight is 389 g/mol. The second kappa shape index (κ2) is 7.78. The average Bonchev–Trinajstić information content (AvgIpc) is 3.17. The molecule has 0 spiro atoms. The standard InChI is InChI=1S/C22H19N3O2S/c1-25(22-24-19-8-7-18(27-2)14-20(19)28-22)21(26)13-15-3-5-16(6-4-15)17-9-11-23-12-10-17/h3-12,14H,13H2,1-2H3. The van der Waals surface area contributed by atoms with Gasteiger partial charge in [0.25, 0.3) is 0 Å². The van der Waals surface area contributed by atoms with Crippen molar-refractivity contribution in [1.82, 2.24) is 9.97 Å². The largest absolute Gasteiger partial charge is 0.497 e. The molecule has 28 heavy (non-hydrogen) atoms. The third-order valence-corrected chi connectivity index (χ3v) is 5.66. The van der Waals surface area contributed by atoms with Gasteiger partial charge in [0.1, 0.15) is 5.75 Å². The van der Waals surface area contributed by atoms with Crippen LogP contribution in [0.15, 0.2) is 67.0 Å². The molecule has 4 aromatic rings. The number of carbonyl (C=O) groups excluding carboxylic acids is 1. The maximum Gasteiger partial charge on any atom is 0.232 e. The summed E-state index contributed by atoms with van der Waals surface area (Å²) in [5.41, 5.74) is 4.04. The minimum absolute atomic E-state index is 0.00248. The molecule has 0 N–H and O–H groups in total. The van der Waals surface area contributed by atoms with E-state index in [2.05, 4.69) is 9.97 Å². The van der Waals surface area contributed by atoms with Crippen molar-refractivity contribution in [2.24, 2.45) is 0 Å². The molecule has 0 saturated carbocycles. The summed E-state index contributed by atoms with van der Waals surface area (Å²) < 4.78 is 6.25. The summed E-state index contributed by atoms with van der Waals surface area (Å²) in [6.45, 7) is 0. The Labute approximate surface area is 167 Å². The quantitative estimate of drug-likeness (QED) is 0.502. The van der Waals surface area contributed by atoms with Crippen LogP contribution in [0.2, 0.25) is 0 Å². The molecule has 140 valence electrons. The van der Waals surface area contributed by atoms with Crippen LogP contribution in [0.25, 0.3) is 21.3 Å². The summed E-state index contributed by atoms with van der Waals surface area (Å²) in [4.78, 5) is 23.0. The fraction of sp³-hybridized carbons (Fsp3) is 0.136. The van der Waals surface area contributed by atoms with E-state index in [1.54, 1.807) is 31.5 Å². The molecule has 0 aliphatic heterocycles. The molecule has 0 bridgehead atoms. The fourth-order valence-corrected chi connectivity index (χ4v) is 3.90. The Kier molecular flexibility index (Phi) is 5.04. The molecule has 2 heterocycles. The lowest BCUT2D eigenvalue weighted by Gasteiger charge is -2.13. The van der Waals surface area contributed by atoms with Crippen molar-refractivity contribution in [3.63, 3.8) is 0 Å². The lowest BCUT2D eigenvalue weighted by Crippen LogP contribution is -2.27. The van der Waals surface area contributed by atoms with E-state index in [0.717, 1.165) is 32.7 Å². The van der Waals surface area contributed by atoms with Crippen molar-refractivity contribution in [2.75, 3.05) is 19.1 Å². The van der Waals surface area contributed by atoms with Gasteiger partial charge in [-0.05, 0) is 47.0 Å². The number of carbonyl (C=O) groups is 1. The van der Waals surface area contributed by atoms with Crippen LogP contribution in [0.4, 0.5) is 5.13 Å². The summed E-state index contributed by atoms with van der Waals surface area (Å²) in [5.74, 6) is 0.786. The first-order chi connectivity index (χ1) is 13.6. The van der Waals surface area contributed by atoms with Gasteiger partial charge in [-0.1, -0.05) is 35.6 Å². The molecule has 1 amide bonds. The topological polar surface area (TPSA) is 55.3 Å². The number of aromatic nitrogens is 2. The normalized spacial score (nSPS) is 10.8. The van der Waals surface area contributed by atoms with Crippen molar-refractivity contribution in [3.8, 4) is 16.9 Å².